The number of halogens is 1. The van der Waals surface area contributed by atoms with Crippen molar-refractivity contribution in [2.45, 2.75) is 12.6 Å². The van der Waals surface area contributed by atoms with Crippen molar-refractivity contribution >= 4 is 12.0 Å². The Labute approximate surface area is 123 Å². The number of aliphatic hydroxyl groups excluding tert-OH is 1. The van der Waals surface area contributed by atoms with E-state index in [2.05, 4.69) is 0 Å². The number of carbonyl (C=O) groups is 1. The number of ether oxygens (including phenoxy) is 1. The summed E-state index contributed by atoms with van der Waals surface area (Å²) in [5.41, 5.74) is 0.968. The fraction of sp³-hybridized carbons (Fsp3) is 0.400. The smallest absolute Gasteiger partial charge is 0.328 e. The number of carboxylic acid groups (broad SMARTS) is 1. The molecule has 0 bridgehead atoms. The first-order chi connectivity index (χ1) is 9.92. The Bertz CT molecular complexity index is 504. The third-order valence-electron chi connectivity index (χ3n) is 2.82. The fourth-order valence-corrected chi connectivity index (χ4v) is 1.92. The van der Waals surface area contributed by atoms with E-state index in [0.717, 1.165) is 6.08 Å². The average molecular weight is 297 g/mol. The van der Waals surface area contributed by atoms with Crippen molar-refractivity contribution in [1.29, 1.82) is 0 Å². The fourth-order valence-electron chi connectivity index (χ4n) is 1.92. The monoisotopic (exact) mass is 297 g/mol. The number of rotatable bonds is 8. The van der Waals surface area contributed by atoms with Crippen molar-refractivity contribution in [3.05, 3.63) is 41.2 Å². The van der Waals surface area contributed by atoms with Crippen molar-refractivity contribution in [3.8, 4) is 0 Å². The van der Waals surface area contributed by atoms with Crippen molar-refractivity contribution in [2.75, 3.05) is 27.3 Å². The lowest BCUT2D eigenvalue weighted by Gasteiger charge is -2.20. The number of hydrogen-bond acceptors (Lipinski definition) is 4. The summed E-state index contributed by atoms with van der Waals surface area (Å²) in [5, 5.41) is 18.1. The van der Waals surface area contributed by atoms with E-state index in [9.17, 15) is 14.3 Å². The van der Waals surface area contributed by atoms with Crippen LogP contribution in [0.4, 0.5) is 4.39 Å². The SMILES string of the molecule is COCC(O)CN(C)Cc1ccc(C=CC(=O)O)cc1F. The predicted octanol–water partition coefficient (Wildman–Crippen LogP) is 1.36. The van der Waals surface area contributed by atoms with Gasteiger partial charge < -0.3 is 14.9 Å². The number of nitrogens with zero attached hydrogens (tertiary/aromatic N) is 1. The molecule has 116 valence electrons. The highest BCUT2D eigenvalue weighted by Gasteiger charge is 2.10. The van der Waals surface area contributed by atoms with Crippen molar-refractivity contribution < 1.29 is 24.1 Å². The molecule has 0 aliphatic rings. The molecule has 21 heavy (non-hydrogen) atoms. The van der Waals surface area contributed by atoms with Gasteiger partial charge in [0.15, 0.2) is 0 Å². The van der Waals surface area contributed by atoms with Crippen LogP contribution in [0.25, 0.3) is 6.08 Å². The molecule has 5 nitrogen and oxygen atoms in total. The molecule has 0 heterocycles. The first kappa shape index (κ1) is 17.3. The topological polar surface area (TPSA) is 70.0 Å². The van der Waals surface area contributed by atoms with E-state index in [1.54, 1.807) is 24.1 Å². The molecule has 0 saturated heterocycles. The maximum atomic E-state index is 13.9. The summed E-state index contributed by atoms with van der Waals surface area (Å²) < 4.78 is 18.8. The van der Waals surface area contributed by atoms with E-state index in [-0.39, 0.29) is 6.61 Å². The minimum atomic E-state index is -1.08. The van der Waals surface area contributed by atoms with Gasteiger partial charge in [0.1, 0.15) is 5.82 Å². The quantitative estimate of drug-likeness (QED) is 0.709. The zero-order valence-corrected chi connectivity index (χ0v) is 12.1. The van der Waals surface area contributed by atoms with Crippen LogP contribution in [0.3, 0.4) is 0 Å². The molecule has 1 atom stereocenters. The summed E-state index contributed by atoms with van der Waals surface area (Å²) >= 11 is 0. The summed E-state index contributed by atoms with van der Waals surface area (Å²) in [5.74, 6) is -1.48. The van der Waals surface area contributed by atoms with Crippen LogP contribution < -0.4 is 0 Å². The number of likely N-dealkylation sites (N-methyl/N-ethyl adjacent to an activating group) is 1. The highest BCUT2D eigenvalue weighted by Crippen LogP contribution is 2.14. The van der Waals surface area contributed by atoms with Crippen LogP contribution in [-0.2, 0) is 16.1 Å². The van der Waals surface area contributed by atoms with E-state index in [0.29, 0.717) is 24.2 Å². The van der Waals surface area contributed by atoms with E-state index >= 15 is 0 Å². The molecule has 0 radical (unpaired) electrons. The zero-order valence-electron chi connectivity index (χ0n) is 12.1. The highest BCUT2D eigenvalue weighted by molar-refractivity contribution is 5.85. The van der Waals surface area contributed by atoms with Crippen molar-refractivity contribution in [1.82, 2.24) is 4.90 Å². The number of aliphatic carboxylic acids is 1. The normalized spacial score (nSPS) is 13.0. The van der Waals surface area contributed by atoms with Gasteiger partial charge in [-0.25, -0.2) is 9.18 Å². The van der Waals surface area contributed by atoms with Gasteiger partial charge in [0.2, 0.25) is 0 Å². The second-order valence-electron chi connectivity index (χ2n) is 4.83. The maximum absolute atomic E-state index is 13.9. The number of carboxylic acids is 1. The third kappa shape index (κ3) is 6.48. The van der Waals surface area contributed by atoms with Gasteiger partial charge in [0.25, 0.3) is 0 Å². The lowest BCUT2D eigenvalue weighted by molar-refractivity contribution is -0.131. The number of methoxy groups -OCH3 is 1. The molecule has 1 rings (SSSR count). The molecule has 6 heteroatoms. The van der Waals surface area contributed by atoms with E-state index < -0.39 is 17.9 Å². The van der Waals surface area contributed by atoms with Crippen LogP contribution in [0.2, 0.25) is 0 Å². The van der Waals surface area contributed by atoms with Gasteiger partial charge in [0.05, 0.1) is 12.7 Å². The molecule has 0 spiro atoms. The molecule has 1 aromatic rings. The van der Waals surface area contributed by atoms with Gasteiger partial charge >= 0.3 is 5.97 Å². The molecule has 0 aliphatic carbocycles. The molecule has 2 N–H and O–H groups in total. The van der Waals surface area contributed by atoms with Gasteiger partial charge in [0, 0.05) is 31.8 Å². The lowest BCUT2D eigenvalue weighted by Crippen LogP contribution is -2.31. The Kier molecular flexibility index (Phi) is 7.01. The molecule has 1 aromatic carbocycles. The summed E-state index contributed by atoms with van der Waals surface area (Å²) in [6, 6.07) is 4.54. The molecule has 0 aromatic heterocycles. The van der Waals surface area contributed by atoms with Crippen LogP contribution in [-0.4, -0.2) is 54.5 Å². The minimum absolute atomic E-state index is 0.228. The second-order valence-corrected chi connectivity index (χ2v) is 4.83. The number of aliphatic hydroxyl groups is 1. The first-order valence-electron chi connectivity index (χ1n) is 6.47. The Morgan fingerprint density at radius 2 is 2.24 bits per heavy atom. The molecule has 0 fully saturated rings. The molecule has 0 aliphatic heterocycles. The highest BCUT2D eigenvalue weighted by atomic mass is 19.1. The van der Waals surface area contributed by atoms with Crippen molar-refractivity contribution in [2.24, 2.45) is 0 Å². The summed E-state index contributed by atoms with van der Waals surface area (Å²) in [4.78, 5) is 12.2. The van der Waals surface area contributed by atoms with Crippen LogP contribution in [0.15, 0.2) is 24.3 Å². The summed E-state index contributed by atoms with van der Waals surface area (Å²) in [6.45, 7) is 0.940. The van der Waals surface area contributed by atoms with Crippen LogP contribution >= 0.6 is 0 Å². The van der Waals surface area contributed by atoms with Gasteiger partial charge in [-0.3, -0.25) is 4.90 Å². The Hall–Kier alpha value is -1.76. The summed E-state index contributed by atoms with van der Waals surface area (Å²) in [6.07, 6.45) is 1.67. The molecule has 0 amide bonds. The summed E-state index contributed by atoms with van der Waals surface area (Å²) in [7, 11) is 3.28. The third-order valence-corrected chi connectivity index (χ3v) is 2.82. The van der Waals surface area contributed by atoms with Gasteiger partial charge in [-0.15, -0.1) is 0 Å². The molecular formula is C15H20FNO4. The van der Waals surface area contributed by atoms with Crippen molar-refractivity contribution in [3.63, 3.8) is 0 Å². The predicted molar refractivity (Wildman–Crippen MR) is 77.3 cm³/mol. The minimum Gasteiger partial charge on any atom is -0.478 e. The number of hydrogen-bond donors (Lipinski definition) is 2. The van der Waals surface area contributed by atoms with Crippen LogP contribution in [0.5, 0.6) is 0 Å². The second kappa shape index (κ2) is 8.51. The molecular weight excluding hydrogens is 277 g/mol. The van der Waals surface area contributed by atoms with Gasteiger partial charge in [-0.05, 0) is 24.8 Å². The van der Waals surface area contributed by atoms with E-state index in [4.69, 9.17) is 9.84 Å². The zero-order chi connectivity index (χ0) is 15.8. The van der Waals surface area contributed by atoms with Crippen LogP contribution in [0.1, 0.15) is 11.1 Å². The Morgan fingerprint density at radius 3 is 2.81 bits per heavy atom. The average Bonchev–Trinajstić information content (AvgIpc) is 2.39. The molecule has 1 unspecified atom stereocenters. The largest absolute Gasteiger partial charge is 0.478 e. The Morgan fingerprint density at radius 1 is 1.52 bits per heavy atom. The first-order valence-corrected chi connectivity index (χ1v) is 6.47. The van der Waals surface area contributed by atoms with Crippen LogP contribution in [0, 0.1) is 5.82 Å². The maximum Gasteiger partial charge on any atom is 0.328 e. The number of benzene rings is 1. The lowest BCUT2D eigenvalue weighted by atomic mass is 10.1. The molecule has 0 saturated carbocycles. The standard InChI is InChI=1S/C15H20FNO4/c1-17(9-13(18)10-21-2)8-12-5-3-11(7-14(12)16)4-6-15(19)20/h3-7,13,18H,8-10H2,1-2H3,(H,19,20). The van der Waals surface area contributed by atoms with Gasteiger partial charge in [-0.2, -0.15) is 0 Å². The van der Waals surface area contributed by atoms with E-state index in [1.165, 1.54) is 19.3 Å². The Balaban J connectivity index is 2.66. The van der Waals surface area contributed by atoms with E-state index in [1.807, 2.05) is 0 Å². The van der Waals surface area contributed by atoms with Gasteiger partial charge in [-0.1, -0.05) is 12.1 Å².